The van der Waals surface area contributed by atoms with Crippen LogP contribution < -0.4 is 15.0 Å². The number of amides is 4. The normalized spacial score (nSPS) is 16.9. The number of imide groups is 2. The molecule has 0 aliphatic carbocycles. The van der Waals surface area contributed by atoms with Crippen LogP contribution in [0.5, 0.6) is 5.75 Å². The zero-order valence-corrected chi connectivity index (χ0v) is 16.1. The Morgan fingerprint density at radius 1 is 1.29 bits per heavy atom. The lowest BCUT2D eigenvalue weighted by Gasteiger charge is -2.26. The number of urea groups is 1. The summed E-state index contributed by atoms with van der Waals surface area (Å²) in [4.78, 5) is 41.9. The fourth-order valence-electron chi connectivity index (χ4n) is 2.55. The van der Waals surface area contributed by atoms with Crippen LogP contribution in [0.1, 0.15) is 25.8 Å². The van der Waals surface area contributed by atoms with Crippen LogP contribution in [-0.2, 0) is 9.59 Å². The van der Waals surface area contributed by atoms with Crippen LogP contribution in [0.3, 0.4) is 0 Å². The Morgan fingerprint density at radius 2 is 2.07 bits per heavy atom. The van der Waals surface area contributed by atoms with Crippen LogP contribution in [-0.4, -0.2) is 28.9 Å². The van der Waals surface area contributed by atoms with Gasteiger partial charge in [-0.2, -0.15) is 0 Å². The van der Waals surface area contributed by atoms with E-state index in [2.05, 4.69) is 10.3 Å². The molecule has 0 saturated carbocycles. The van der Waals surface area contributed by atoms with E-state index in [9.17, 15) is 14.4 Å². The van der Waals surface area contributed by atoms with Gasteiger partial charge in [-0.25, -0.2) is 9.69 Å². The third kappa shape index (κ3) is 4.04. The Morgan fingerprint density at radius 3 is 2.71 bits per heavy atom. The molecule has 1 N–H and O–H groups in total. The van der Waals surface area contributed by atoms with Crippen molar-refractivity contribution in [1.82, 2.24) is 10.3 Å². The molecule has 0 spiro atoms. The van der Waals surface area contributed by atoms with E-state index in [4.69, 9.17) is 16.3 Å². The Kier molecular flexibility index (Phi) is 5.75. The largest absolute Gasteiger partial charge is 0.489 e. The van der Waals surface area contributed by atoms with Crippen molar-refractivity contribution in [2.45, 2.75) is 26.4 Å². The lowest BCUT2D eigenvalue weighted by molar-refractivity contribution is -0.122. The molecule has 4 amide bonds. The number of nitrogens with one attached hydrogen (secondary N) is 1. The molecular formula is C20H18ClN3O4. The summed E-state index contributed by atoms with van der Waals surface area (Å²) >= 11 is 6.26. The second-order valence-corrected chi connectivity index (χ2v) is 6.60. The van der Waals surface area contributed by atoms with Gasteiger partial charge in [-0.05, 0) is 49.2 Å². The fraction of sp³-hybridized carbons (Fsp3) is 0.200. The van der Waals surface area contributed by atoms with Gasteiger partial charge in [0.05, 0.1) is 23.0 Å². The number of anilines is 1. The van der Waals surface area contributed by atoms with Crippen molar-refractivity contribution in [2.24, 2.45) is 0 Å². The predicted octanol–water partition coefficient (Wildman–Crippen LogP) is 3.58. The van der Waals surface area contributed by atoms with E-state index in [0.717, 1.165) is 11.3 Å². The molecule has 1 aromatic heterocycles. The summed E-state index contributed by atoms with van der Waals surface area (Å²) in [5, 5.41) is 2.52. The third-order valence-corrected chi connectivity index (χ3v) is 4.47. The van der Waals surface area contributed by atoms with Crippen LogP contribution in [0.25, 0.3) is 6.08 Å². The van der Waals surface area contributed by atoms with E-state index in [0.29, 0.717) is 16.3 Å². The number of hydrogen-bond donors (Lipinski definition) is 1. The quantitative estimate of drug-likeness (QED) is 0.613. The number of carbonyl (C=O) groups excluding carboxylic acids is 3. The first-order chi connectivity index (χ1) is 13.4. The number of aromatic nitrogens is 1. The van der Waals surface area contributed by atoms with Gasteiger partial charge < -0.3 is 4.74 Å². The Labute approximate surface area is 167 Å². The van der Waals surface area contributed by atoms with Gasteiger partial charge in [0.15, 0.2) is 0 Å². The van der Waals surface area contributed by atoms with Crippen molar-refractivity contribution >= 4 is 41.2 Å². The molecule has 0 unspecified atom stereocenters. The molecule has 1 aliphatic heterocycles. The SMILES string of the molecule is CC[C@H](C)Oc1ccc(/C=C2\C(=O)NC(=O)N(c3cccnc3)C2=O)cc1Cl. The second-order valence-electron chi connectivity index (χ2n) is 6.20. The standard InChI is InChI=1S/C20H18ClN3O4/c1-3-12(2)28-17-7-6-13(10-16(17)21)9-15-18(25)23-20(27)24(19(15)26)14-5-4-8-22-11-14/h4-12H,3H2,1-2H3,(H,23,25,27)/b15-9+/t12-/m0/s1. The minimum Gasteiger partial charge on any atom is -0.489 e. The van der Waals surface area contributed by atoms with Crippen LogP contribution in [0.15, 0.2) is 48.3 Å². The number of carbonyl (C=O) groups is 3. The summed E-state index contributed by atoms with van der Waals surface area (Å²) in [5.74, 6) is -0.992. The third-order valence-electron chi connectivity index (χ3n) is 4.18. The van der Waals surface area contributed by atoms with E-state index < -0.39 is 17.8 Å². The maximum absolute atomic E-state index is 12.8. The summed E-state index contributed by atoms with van der Waals surface area (Å²) in [5.41, 5.74) is 0.606. The predicted molar refractivity (Wildman–Crippen MR) is 105 cm³/mol. The van der Waals surface area contributed by atoms with Crippen LogP contribution >= 0.6 is 11.6 Å². The van der Waals surface area contributed by atoms with Crippen LogP contribution in [0.2, 0.25) is 5.02 Å². The maximum Gasteiger partial charge on any atom is 0.336 e. The average molecular weight is 400 g/mol. The summed E-state index contributed by atoms with van der Waals surface area (Å²) < 4.78 is 5.71. The highest BCUT2D eigenvalue weighted by molar-refractivity contribution is 6.39. The molecule has 3 rings (SSSR count). The number of pyridine rings is 1. The second kappa shape index (κ2) is 8.22. The number of benzene rings is 1. The van der Waals surface area contributed by atoms with Crippen molar-refractivity contribution in [1.29, 1.82) is 0 Å². The van der Waals surface area contributed by atoms with Crippen molar-refractivity contribution in [3.05, 3.63) is 58.9 Å². The zero-order chi connectivity index (χ0) is 20.3. The molecule has 7 nitrogen and oxygen atoms in total. The van der Waals surface area contributed by atoms with Gasteiger partial charge in [0.25, 0.3) is 11.8 Å². The van der Waals surface area contributed by atoms with Gasteiger partial charge in [0.2, 0.25) is 0 Å². The number of halogens is 1. The van der Waals surface area contributed by atoms with Gasteiger partial charge in [-0.1, -0.05) is 24.6 Å². The molecule has 0 bridgehead atoms. The molecule has 1 aromatic carbocycles. The lowest BCUT2D eigenvalue weighted by atomic mass is 10.1. The maximum atomic E-state index is 12.8. The number of barbiturate groups is 1. The van der Waals surface area contributed by atoms with E-state index >= 15 is 0 Å². The first-order valence-electron chi connectivity index (χ1n) is 8.68. The summed E-state index contributed by atoms with van der Waals surface area (Å²) in [6.07, 6.45) is 5.10. The monoisotopic (exact) mass is 399 g/mol. The lowest BCUT2D eigenvalue weighted by Crippen LogP contribution is -2.54. The highest BCUT2D eigenvalue weighted by atomic mass is 35.5. The van der Waals surface area contributed by atoms with Crippen LogP contribution in [0, 0.1) is 0 Å². The Bertz CT molecular complexity index is 959. The van der Waals surface area contributed by atoms with Gasteiger partial charge in [-0.3, -0.25) is 19.9 Å². The molecule has 8 heteroatoms. The molecule has 1 atom stereocenters. The topological polar surface area (TPSA) is 88.6 Å². The van der Waals surface area contributed by atoms with E-state index in [1.807, 2.05) is 13.8 Å². The molecule has 1 fully saturated rings. The number of hydrogen-bond acceptors (Lipinski definition) is 5. The Balaban J connectivity index is 1.92. The highest BCUT2D eigenvalue weighted by Gasteiger charge is 2.36. The van der Waals surface area contributed by atoms with E-state index in [1.165, 1.54) is 18.5 Å². The molecule has 2 heterocycles. The fourth-order valence-corrected chi connectivity index (χ4v) is 2.78. The number of ether oxygens (including phenoxy) is 1. The molecule has 28 heavy (non-hydrogen) atoms. The zero-order valence-electron chi connectivity index (χ0n) is 15.3. The first kappa shape index (κ1) is 19.6. The smallest absolute Gasteiger partial charge is 0.336 e. The van der Waals surface area contributed by atoms with Crippen molar-refractivity contribution < 1.29 is 19.1 Å². The minimum absolute atomic E-state index is 0.00598. The molecular weight excluding hydrogens is 382 g/mol. The summed E-state index contributed by atoms with van der Waals surface area (Å²) in [6.45, 7) is 3.93. The number of rotatable bonds is 5. The minimum atomic E-state index is -0.824. The van der Waals surface area contributed by atoms with E-state index in [1.54, 1.807) is 30.3 Å². The van der Waals surface area contributed by atoms with Crippen molar-refractivity contribution in [3.63, 3.8) is 0 Å². The summed E-state index contributed by atoms with van der Waals surface area (Å²) in [6, 6.07) is 7.27. The van der Waals surface area contributed by atoms with Gasteiger partial charge in [-0.15, -0.1) is 0 Å². The van der Waals surface area contributed by atoms with Gasteiger partial charge >= 0.3 is 6.03 Å². The van der Waals surface area contributed by atoms with Crippen molar-refractivity contribution in [3.8, 4) is 5.75 Å². The average Bonchev–Trinajstić information content (AvgIpc) is 2.67. The number of nitrogens with zero attached hydrogens (tertiary/aromatic N) is 2. The molecule has 1 saturated heterocycles. The highest BCUT2D eigenvalue weighted by Crippen LogP contribution is 2.28. The Hall–Kier alpha value is -3.19. The molecule has 144 valence electrons. The first-order valence-corrected chi connectivity index (χ1v) is 9.06. The van der Waals surface area contributed by atoms with Crippen molar-refractivity contribution in [2.75, 3.05) is 4.90 Å². The van der Waals surface area contributed by atoms with E-state index in [-0.39, 0.29) is 17.4 Å². The molecule has 2 aromatic rings. The van der Waals surface area contributed by atoms with Gasteiger partial charge in [0, 0.05) is 6.20 Å². The molecule has 0 radical (unpaired) electrons. The van der Waals surface area contributed by atoms with Gasteiger partial charge in [0.1, 0.15) is 11.3 Å². The molecule has 1 aliphatic rings. The van der Waals surface area contributed by atoms with Crippen LogP contribution in [0.4, 0.5) is 10.5 Å². The summed E-state index contributed by atoms with van der Waals surface area (Å²) in [7, 11) is 0.